The third-order valence-corrected chi connectivity index (χ3v) is 5.08. The largest absolute Gasteiger partial charge is 0.480 e. The highest BCUT2D eigenvalue weighted by Gasteiger charge is 2.45. The lowest BCUT2D eigenvalue weighted by molar-refractivity contribution is -0.153. The number of carbonyl (C=O) groups excluding carboxylic acids is 1. The predicted molar refractivity (Wildman–Crippen MR) is 69.6 cm³/mol. The van der Waals surface area contributed by atoms with E-state index in [2.05, 4.69) is 5.32 Å². The molecule has 5 heteroatoms. The SMILES string of the molecule is O=C(O)[C@H]1CCCCN1C(=O)C1NCC2CCCC21. The molecule has 1 aliphatic carbocycles. The molecule has 3 aliphatic rings. The maximum absolute atomic E-state index is 12.7. The first-order valence-corrected chi connectivity index (χ1v) is 7.45. The number of fused-ring (bicyclic) bond motifs is 1. The van der Waals surface area contributed by atoms with Gasteiger partial charge in [0.1, 0.15) is 6.04 Å². The van der Waals surface area contributed by atoms with E-state index >= 15 is 0 Å². The number of carbonyl (C=O) groups is 2. The number of likely N-dealkylation sites (tertiary alicyclic amines) is 1. The molecule has 5 nitrogen and oxygen atoms in total. The normalized spacial score (nSPS) is 38.2. The van der Waals surface area contributed by atoms with Crippen LogP contribution in [0.1, 0.15) is 38.5 Å². The zero-order valence-electron chi connectivity index (χ0n) is 11.2. The van der Waals surface area contributed by atoms with E-state index < -0.39 is 12.0 Å². The lowest BCUT2D eigenvalue weighted by atomic mass is 9.92. The van der Waals surface area contributed by atoms with Gasteiger partial charge in [-0.05, 0) is 50.5 Å². The van der Waals surface area contributed by atoms with Crippen molar-refractivity contribution in [2.45, 2.75) is 50.6 Å². The van der Waals surface area contributed by atoms with Crippen LogP contribution in [0.4, 0.5) is 0 Å². The minimum atomic E-state index is -0.853. The van der Waals surface area contributed by atoms with Crippen LogP contribution in [0.25, 0.3) is 0 Å². The second-order valence-corrected chi connectivity index (χ2v) is 6.12. The van der Waals surface area contributed by atoms with Gasteiger partial charge in [0.25, 0.3) is 0 Å². The highest BCUT2D eigenvalue weighted by atomic mass is 16.4. The molecule has 3 fully saturated rings. The Kier molecular flexibility index (Phi) is 3.48. The number of carboxylic acids is 1. The van der Waals surface area contributed by atoms with E-state index in [9.17, 15) is 14.7 Å². The molecule has 3 rings (SSSR count). The van der Waals surface area contributed by atoms with Crippen molar-refractivity contribution in [3.63, 3.8) is 0 Å². The summed E-state index contributed by atoms with van der Waals surface area (Å²) in [5, 5.41) is 12.6. The quantitative estimate of drug-likeness (QED) is 0.777. The number of nitrogens with one attached hydrogen (secondary N) is 1. The molecule has 1 saturated carbocycles. The Bertz CT molecular complexity index is 385. The smallest absolute Gasteiger partial charge is 0.326 e. The van der Waals surface area contributed by atoms with Gasteiger partial charge in [-0.2, -0.15) is 0 Å². The van der Waals surface area contributed by atoms with Crippen molar-refractivity contribution >= 4 is 11.9 Å². The first-order valence-electron chi connectivity index (χ1n) is 7.45. The van der Waals surface area contributed by atoms with Gasteiger partial charge in [0.15, 0.2) is 0 Å². The van der Waals surface area contributed by atoms with Gasteiger partial charge in [0.05, 0.1) is 6.04 Å². The number of hydrogen-bond donors (Lipinski definition) is 2. The highest BCUT2D eigenvalue weighted by molar-refractivity contribution is 5.87. The van der Waals surface area contributed by atoms with Gasteiger partial charge < -0.3 is 15.3 Å². The number of hydrogen-bond acceptors (Lipinski definition) is 3. The average Bonchev–Trinajstić information content (AvgIpc) is 3.00. The van der Waals surface area contributed by atoms with E-state index in [1.807, 2.05) is 0 Å². The Balaban J connectivity index is 1.73. The first-order chi connectivity index (χ1) is 9.18. The van der Waals surface area contributed by atoms with E-state index in [4.69, 9.17) is 0 Å². The van der Waals surface area contributed by atoms with E-state index in [-0.39, 0.29) is 11.9 Å². The van der Waals surface area contributed by atoms with Gasteiger partial charge in [0, 0.05) is 6.54 Å². The molecular formula is C14H22N2O3. The van der Waals surface area contributed by atoms with E-state index in [1.165, 1.54) is 12.8 Å². The number of carboxylic acid groups (broad SMARTS) is 1. The average molecular weight is 266 g/mol. The summed E-state index contributed by atoms with van der Waals surface area (Å²) in [4.78, 5) is 25.6. The van der Waals surface area contributed by atoms with Gasteiger partial charge in [0.2, 0.25) is 5.91 Å². The van der Waals surface area contributed by atoms with Crippen molar-refractivity contribution in [3.05, 3.63) is 0 Å². The lowest BCUT2D eigenvalue weighted by Crippen LogP contribution is -2.54. The van der Waals surface area contributed by atoms with Crippen LogP contribution in [-0.2, 0) is 9.59 Å². The molecule has 0 spiro atoms. The van der Waals surface area contributed by atoms with E-state index in [1.54, 1.807) is 4.90 Å². The summed E-state index contributed by atoms with van der Waals surface area (Å²) >= 11 is 0. The minimum absolute atomic E-state index is 0.0292. The molecular weight excluding hydrogens is 244 g/mol. The Morgan fingerprint density at radius 1 is 1.11 bits per heavy atom. The lowest BCUT2D eigenvalue weighted by Gasteiger charge is -2.35. The molecule has 2 N–H and O–H groups in total. The molecule has 0 aromatic heterocycles. The van der Waals surface area contributed by atoms with Crippen LogP contribution in [0, 0.1) is 11.8 Å². The van der Waals surface area contributed by atoms with Crippen LogP contribution in [0.15, 0.2) is 0 Å². The zero-order valence-corrected chi connectivity index (χ0v) is 11.2. The minimum Gasteiger partial charge on any atom is -0.480 e. The van der Waals surface area contributed by atoms with Crippen LogP contribution >= 0.6 is 0 Å². The Hall–Kier alpha value is -1.10. The van der Waals surface area contributed by atoms with Crippen LogP contribution in [0.5, 0.6) is 0 Å². The van der Waals surface area contributed by atoms with Crippen LogP contribution in [0.3, 0.4) is 0 Å². The number of piperidine rings is 1. The molecule has 1 amide bonds. The predicted octanol–water partition coefficient (Wildman–Crippen LogP) is 0.840. The van der Waals surface area contributed by atoms with Crippen molar-refractivity contribution in [1.29, 1.82) is 0 Å². The summed E-state index contributed by atoms with van der Waals surface area (Å²) in [7, 11) is 0. The summed E-state index contributed by atoms with van der Waals surface area (Å²) in [6.45, 7) is 1.53. The third-order valence-electron chi connectivity index (χ3n) is 5.08. The van der Waals surface area contributed by atoms with Gasteiger partial charge in [-0.3, -0.25) is 4.79 Å². The number of amides is 1. The van der Waals surface area contributed by atoms with Crippen molar-refractivity contribution in [2.75, 3.05) is 13.1 Å². The molecule has 0 radical (unpaired) electrons. The summed E-state index contributed by atoms with van der Waals surface area (Å²) in [5.74, 6) is 0.237. The molecule has 3 unspecified atom stereocenters. The van der Waals surface area contributed by atoms with Gasteiger partial charge in [-0.25, -0.2) is 4.79 Å². The number of aliphatic carboxylic acids is 1. The first kappa shape index (κ1) is 12.9. The van der Waals surface area contributed by atoms with Crippen molar-refractivity contribution in [1.82, 2.24) is 10.2 Å². The van der Waals surface area contributed by atoms with Gasteiger partial charge in [-0.15, -0.1) is 0 Å². The second kappa shape index (κ2) is 5.12. The van der Waals surface area contributed by atoms with Crippen molar-refractivity contribution < 1.29 is 14.7 Å². The summed E-state index contributed by atoms with van der Waals surface area (Å²) < 4.78 is 0. The Morgan fingerprint density at radius 2 is 1.95 bits per heavy atom. The fraction of sp³-hybridized carbons (Fsp3) is 0.857. The molecule has 4 atom stereocenters. The monoisotopic (exact) mass is 266 g/mol. The van der Waals surface area contributed by atoms with Crippen molar-refractivity contribution in [2.24, 2.45) is 11.8 Å². The van der Waals surface area contributed by atoms with Crippen LogP contribution in [-0.4, -0.2) is 47.1 Å². The third kappa shape index (κ3) is 2.24. The van der Waals surface area contributed by atoms with Crippen LogP contribution < -0.4 is 5.32 Å². The maximum Gasteiger partial charge on any atom is 0.326 e. The molecule has 0 bridgehead atoms. The van der Waals surface area contributed by atoms with Crippen molar-refractivity contribution in [3.8, 4) is 0 Å². The Labute approximate surface area is 113 Å². The fourth-order valence-electron chi connectivity index (χ4n) is 4.09. The summed E-state index contributed by atoms with van der Waals surface area (Å²) in [5.41, 5.74) is 0. The maximum atomic E-state index is 12.7. The molecule has 2 heterocycles. The molecule has 0 aromatic rings. The second-order valence-electron chi connectivity index (χ2n) is 6.12. The number of rotatable bonds is 2. The number of nitrogens with zero attached hydrogens (tertiary/aromatic N) is 1. The molecule has 2 saturated heterocycles. The molecule has 19 heavy (non-hydrogen) atoms. The fourth-order valence-corrected chi connectivity index (χ4v) is 4.09. The Morgan fingerprint density at radius 3 is 2.74 bits per heavy atom. The standard InChI is InChI=1S/C14H22N2O3/c17-13(12-10-5-3-4-9(10)8-15-12)16-7-2-1-6-11(16)14(18)19/h9-12,15H,1-8H2,(H,18,19)/t9?,10?,11-,12?/m1/s1. The topological polar surface area (TPSA) is 69.6 Å². The van der Waals surface area contributed by atoms with Crippen LogP contribution in [0.2, 0.25) is 0 Å². The van der Waals surface area contributed by atoms with Gasteiger partial charge >= 0.3 is 5.97 Å². The van der Waals surface area contributed by atoms with E-state index in [0.29, 0.717) is 24.8 Å². The molecule has 106 valence electrons. The van der Waals surface area contributed by atoms with E-state index in [0.717, 1.165) is 25.8 Å². The molecule has 2 aliphatic heterocycles. The zero-order chi connectivity index (χ0) is 13.4. The highest BCUT2D eigenvalue weighted by Crippen LogP contribution is 2.38. The van der Waals surface area contributed by atoms with Gasteiger partial charge in [-0.1, -0.05) is 6.42 Å². The summed E-state index contributed by atoms with van der Waals surface area (Å²) in [6, 6.07) is -0.740. The molecule has 0 aromatic carbocycles. The summed E-state index contributed by atoms with van der Waals surface area (Å²) in [6.07, 6.45) is 5.97.